The van der Waals surface area contributed by atoms with Gasteiger partial charge in [-0.05, 0) is 46.2 Å². The molecule has 0 aliphatic carbocycles. The van der Waals surface area contributed by atoms with E-state index in [1.165, 1.54) is 30.9 Å². The molecule has 11 aromatic rings. The van der Waals surface area contributed by atoms with Crippen LogP contribution < -0.4 is 0 Å². The molecule has 6 heteroatoms. The van der Waals surface area contributed by atoms with Gasteiger partial charge < -0.3 is 0 Å². The minimum absolute atomic E-state index is 0.616. The molecule has 3 aromatic heterocycles. The summed E-state index contributed by atoms with van der Waals surface area (Å²) in [6.07, 6.45) is 0. The van der Waals surface area contributed by atoms with Crippen LogP contribution in [0.2, 0.25) is 0 Å². The number of thiophene rings is 1. The fourth-order valence-corrected chi connectivity index (χ4v) is 9.04. The zero-order chi connectivity index (χ0) is 39.1. The Morgan fingerprint density at radius 3 is 1.42 bits per heavy atom. The van der Waals surface area contributed by atoms with Crippen molar-refractivity contribution in [3.8, 4) is 79.2 Å². The average Bonchev–Trinajstić information content (AvgIpc) is 3.71. The van der Waals surface area contributed by atoms with Crippen molar-refractivity contribution in [3.05, 3.63) is 200 Å². The molecule has 0 unspecified atom stereocenters. The Hall–Kier alpha value is -7.67. The zero-order valence-electron chi connectivity index (χ0n) is 31.7. The quantitative estimate of drug-likeness (QED) is 0.161. The molecule has 0 aliphatic heterocycles. The lowest BCUT2D eigenvalue weighted by Gasteiger charge is -2.11. The zero-order valence-corrected chi connectivity index (χ0v) is 32.5. The first-order valence-corrected chi connectivity index (χ1v) is 20.4. The standard InChI is InChI=1S/C53H33N5S/c1-4-15-35(16-5-1)46-33-47(55-50(54-46)36-17-6-2-7-18-36)40-23-12-21-38(30-40)39-22-13-24-41(31-39)52-56-51(37-19-8-3-9-20-37)57-53(58-52)42-27-28-44-45-29-26-34-14-10-11-25-43(34)49(45)59-48(44)32-42/h1-33H. The number of fused-ring (bicyclic) bond motifs is 5. The first kappa shape index (κ1) is 34.6. The van der Waals surface area contributed by atoms with Gasteiger partial charge in [0.1, 0.15) is 0 Å². The predicted octanol–water partition coefficient (Wildman–Crippen LogP) is 13.9. The number of hydrogen-bond donors (Lipinski definition) is 0. The number of benzene rings is 8. The van der Waals surface area contributed by atoms with E-state index < -0.39 is 0 Å². The third-order valence-electron chi connectivity index (χ3n) is 10.7. The summed E-state index contributed by atoms with van der Waals surface area (Å²) in [7, 11) is 0. The van der Waals surface area contributed by atoms with Gasteiger partial charge in [0.2, 0.25) is 0 Å². The van der Waals surface area contributed by atoms with Crippen LogP contribution in [-0.2, 0) is 0 Å². The van der Waals surface area contributed by atoms with Gasteiger partial charge in [0.25, 0.3) is 0 Å². The van der Waals surface area contributed by atoms with Crippen molar-refractivity contribution in [2.45, 2.75) is 0 Å². The maximum absolute atomic E-state index is 5.15. The highest BCUT2D eigenvalue weighted by atomic mass is 32.1. The second-order valence-corrected chi connectivity index (χ2v) is 15.6. The largest absolute Gasteiger partial charge is 0.228 e. The SMILES string of the molecule is c1ccc(-c2cc(-c3cccc(-c4cccc(-c5nc(-c6ccccc6)nc(-c6ccc7c(c6)sc6c8ccccc8ccc76)n5)c4)c3)nc(-c3ccccc3)n2)cc1. The van der Waals surface area contributed by atoms with Gasteiger partial charge in [0, 0.05) is 53.6 Å². The molecular formula is C53H33N5S. The minimum atomic E-state index is 0.616. The normalized spacial score (nSPS) is 11.4. The molecule has 0 radical (unpaired) electrons. The fourth-order valence-electron chi connectivity index (χ4n) is 7.76. The van der Waals surface area contributed by atoms with Crippen molar-refractivity contribution >= 4 is 42.3 Å². The van der Waals surface area contributed by atoms with Gasteiger partial charge in [-0.3, -0.25) is 0 Å². The topological polar surface area (TPSA) is 64.5 Å². The predicted molar refractivity (Wildman–Crippen MR) is 244 cm³/mol. The van der Waals surface area contributed by atoms with Crippen LogP contribution in [-0.4, -0.2) is 24.9 Å². The molecular weight excluding hydrogens is 739 g/mol. The van der Waals surface area contributed by atoms with Gasteiger partial charge in [-0.15, -0.1) is 11.3 Å². The molecule has 59 heavy (non-hydrogen) atoms. The number of hydrogen-bond acceptors (Lipinski definition) is 6. The van der Waals surface area contributed by atoms with E-state index in [1.807, 2.05) is 78.1 Å². The van der Waals surface area contributed by atoms with Crippen molar-refractivity contribution in [1.82, 2.24) is 24.9 Å². The Kier molecular flexibility index (Phi) is 8.60. The fraction of sp³-hybridized carbons (Fsp3) is 0. The smallest absolute Gasteiger partial charge is 0.164 e. The Balaban J connectivity index is 1.00. The molecule has 5 nitrogen and oxygen atoms in total. The van der Waals surface area contributed by atoms with E-state index in [2.05, 4.69) is 133 Å². The van der Waals surface area contributed by atoms with Crippen molar-refractivity contribution in [2.24, 2.45) is 0 Å². The molecule has 0 N–H and O–H groups in total. The molecule has 0 aliphatic rings. The molecule has 3 heterocycles. The second kappa shape index (κ2) is 14.7. The average molecular weight is 772 g/mol. The maximum Gasteiger partial charge on any atom is 0.164 e. The Labute approximate surface area is 345 Å². The van der Waals surface area contributed by atoms with Gasteiger partial charge in [0.15, 0.2) is 23.3 Å². The number of aromatic nitrogens is 5. The van der Waals surface area contributed by atoms with E-state index in [9.17, 15) is 0 Å². The molecule has 276 valence electrons. The van der Waals surface area contributed by atoms with Gasteiger partial charge >= 0.3 is 0 Å². The van der Waals surface area contributed by atoms with Crippen molar-refractivity contribution < 1.29 is 0 Å². The van der Waals surface area contributed by atoms with E-state index in [4.69, 9.17) is 24.9 Å². The summed E-state index contributed by atoms with van der Waals surface area (Å²) in [5.41, 5.74) is 9.65. The molecule has 0 fully saturated rings. The van der Waals surface area contributed by atoms with Crippen LogP contribution in [0.3, 0.4) is 0 Å². The van der Waals surface area contributed by atoms with E-state index in [0.29, 0.717) is 23.3 Å². The van der Waals surface area contributed by atoms with Crippen LogP contribution in [0.15, 0.2) is 200 Å². The lowest BCUT2D eigenvalue weighted by molar-refractivity contribution is 1.07. The summed E-state index contributed by atoms with van der Waals surface area (Å²) in [5, 5.41) is 5.03. The molecule has 0 spiro atoms. The third kappa shape index (κ3) is 6.61. The van der Waals surface area contributed by atoms with Crippen LogP contribution in [0.25, 0.3) is 110 Å². The Bertz CT molecular complexity index is 3270. The minimum Gasteiger partial charge on any atom is -0.228 e. The summed E-state index contributed by atoms with van der Waals surface area (Å²) < 4.78 is 2.50. The van der Waals surface area contributed by atoms with Crippen molar-refractivity contribution in [2.75, 3.05) is 0 Å². The lowest BCUT2D eigenvalue weighted by atomic mass is 9.99. The molecule has 0 saturated heterocycles. The second-order valence-electron chi connectivity index (χ2n) is 14.5. The molecule has 0 saturated carbocycles. The molecule has 11 rings (SSSR count). The van der Waals surface area contributed by atoms with Crippen LogP contribution in [0.5, 0.6) is 0 Å². The van der Waals surface area contributed by atoms with Crippen LogP contribution in [0, 0.1) is 0 Å². The van der Waals surface area contributed by atoms with E-state index in [1.54, 1.807) is 0 Å². The highest BCUT2D eigenvalue weighted by Crippen LogP contribution is 2.40. The third-order valence-corrected chi connectivity index (χ3v) is 11.9. The van der Waals surface area contributed by atoms with Gasteiger partial charge in [-0.1, -0.05) is 176 Å². The molecule has 0 atom stereocenters. The van der Waals surface area contributed by atoms with Crippen molar-refractivity contribution in [1.29, 1.82) is 0 Å². The van der Waals surface area contributed by atoms with E-state index in [0.717, 1.165) is 55.9 Å². The van der Waals surface area contributed by atoms with Crippen LogP contribution in [0.4, 0.5) is 0 Å². The highest BCUT2D eigenvalue weighted by molar-refractivity contribution is 7.26. The molecule has 8 aromatic carbocycles. The first-order valence-electron chi connectivity index (χ1n) is 19.6. The summed E-state index contributed by atoms with van der Waals surface area (Å²) in [5.74, 6) is 2.57. The van der Waals surface area contributed by atoms with Crippen LogP contribution >= 0.6 is 11.3 Å². The molecule has 0 bridgehead atoms. The van der Waals surface area contributed by atoms with Crippen LogP contribution in [0.1, 0.15) is 0 Å². The van der Waals surface area contributed by atoms with Gasteiger partial charge in [-0.2, -0.15) is 0 Å². The van der Waals surface area contributed by atoms with Gasteiger partial charge in [-0.25, -0.2) is 24.9 Å². The lowest BCUT2D eigenvalue weighted by Crippen LogP contribution is -2.00. The highest BCUT2D eigenvalue weighted by Gasteiger charge is 2.16. The maximum atomic E-state index is 5.15. The van der Waals surface area contributed by atoms with Gasteiger partial charge in [0.05, 0.1) is 11.4 Å². The summed E-state index contributed by atoms with van der Waals surface area (Å²) >= 11 is 1.82. The monoisotopic (exact) mass is 771 g/mol. The molecule has 0 amide bonds. The summed E-state index contributed by atoms with van der Waals surface area (Å²) in [4.78, 5) is 25.4. The van der Waals surface area contributed by atoms with Crippen molar-refractivity contribution in [3.63, 3.8) is 0 Å². The number of rotatable bonds is 7. The van der Waals surface area contributed by atoms with E-state index >= 15 is 0 Å². The number of nitrogens with zero attached hydrogens (tertiary/aromatic N) is 5. The summed E-state index contributed by atoms with van der Waals surface area (Å²) in [6.45, 7) is 0. The van der Waals surface area contributed by atoms with E-state index in [-0.39, 0.29) is 0 Å². The Morgan fingerprint density at radius 1 is 0.271 bits per heavy atom. The summed E-state index contributed by atoms with van der Waals surface area (Å²) in [6, 6.07) is 69.2. The first-order chi connectivity index (χ1) is 29.2. The Morgan fingerprint density at radius 2 is 0.746 bits per heavy atom.